The van der Waals surface area contributed by atoms with E-state index in [1.54, 1.807) is 0 Å². The molecule has 0 fully saturated rings. The summed E-state index contributed by atoms with van der Waals surface area (Å²) in [5, 5.41) is 2.25. The van der Waals surface area contributed by atoms with E-state index in [2.05, 4.69) is 28.9 Å². The van der Waals surface area contributed by atoms with Crippen molar-refractivity contribution in [3.8, 4) is 0 Å². The molecule has 0 aromatic rings. The molecule has 0 bridgehead atoms. The Balaban J connectivity index is 3.16. The predicted molar refractivity (Wildman–Crippen MR) is 35.8 cm³/mol. The van der Waals surface area contributed by atoms with Crippen LogP contribution >= 0.6 is 0 Å². The van der Waals surface area contributed by atoms with Gasteiger partial charge in [-0.3, -0.25) is 0 Å². The van der Waals surface area contributed by atoms with Gasteiger partial charge in [-0.15, -0.1) is 0 Å². The third-order valence-corrected chi connectivity index (χ3v) is 2.45. The maximum atomic E-state index is 3.65. The topological polar surface area (TPSA) is 0 Å². The average molecular weight is 153 g/mol. The standard InChI is InChI=1S/2C3H5.Cu.Li/c2*1-3-2;;/h2*3H,1-2H2;;. The van der Waals surface area contributed by atoms with E-state index >= 15 is 0 Å². The Morgan fingerprint density at radius 2 is 1.62 bits per heavy atom. The zero-order chi connectivity index (χ0) is 6.41. The van der Waals surface area contributed by atoms with Crippen molar-refractivity contribution in [2.45, 2.75) is 10.6 Å². The van der Waals surface area contributed by atoms with E-state index < -0.39 is 0 Å². The first-order valence-corrected chi connectivity index (χ1v) is 4.63. The van der Waals surface area contributed by atoms with Crippen molar-refractivity contribution in [3.05, 3.63) is 25.3 Å². The summed E-state index contributed by atoms with van der Waals surface area (Å²) < 4.78 is 0. The van der Waals surface area contributed by atoms with Gasteiger partial charge in [-0.1, -0.05) is 0 Å². The minimum atomic E-state index is 0.552. The molecule has 0 aliphatic heterocycles. The quantitative estimate of drug-likeness (QED) is 0.427. The van der Waals surface area contributed by atoms with Gasteiger partial charge in [0.25, 0.3) is 0 Å². The second-order valence-electron chi connectivity index (χ2n) is 1.40. The van der Waals surface area contributed by atoms with Crippen LogP contribution in [-0.2, 0) is 11.7 Å². The van der Waals surface area contributed by atoms with Crippen molar-refractivity contribution in [1.82, 2.24) is 0 Å². The molecule has 2 heteroatoms. The molecule has 0 saturated carbocycles. The van der Waals surface area contributed by atoms with Crippen molar-refractivity contribution in [1.29, 1.82) is 0 Å². The van der Waals surface area contributed by atoms with Crippen molar-refractivity contribution < 1.29 is 11.7 Å². The number of hydrogen-bond donors (Lipinski definition) is 0. The number of hydrogen-bond acceptors (Lipinski definition) is 0. The predicted octanol–water partition coefficient (Wildman–Crippen LogP) is 1.90. The summed E-state index contributed by atoms with van der Waals surface area (Å²) in [6, 6.07) is 0. The molecule has 0 atom stereocenters. The van der Waals surface area contributed by atoms with Gasteiger partial charge in [0.1, 0.15) is 0 Å². The Bertz CT molecular complexity index is 70.6. The van der Waals surface area contributed by atoms with Gasteiger partial charge in [-0.25, -0.2) is 0 Å². The summed E-state index contributed by atoms with van der Waals surface area (Å²) in [5.74, 6) is 0. The van der Waals surface area contributed by atoms with Crippen LogP contribution in [0.15, 0.2) is 25.3 Å². The Labute approximate surface area is 63.4 Å². The van der Waals surface area contributed by atoms with Crippen molar-refractivity contribution >= 4 is 15.8 Å². The van der Waals surface area contributed by atoms with Crippen LogP contribution in [0.25, 0.3) is 0 Å². The molecule has 0 aromatic carbocycles. The Morgan fingerprint density at radius 1 is 1.25 bits per heavy atom. The van der Waals surface area contributed by atoms with Crippen LogP contribution in [0.3, 0.4) is 0 Å². The van der Waals surface area contributed by atoms with E-state index in [9.17, 15) is 0 Å². The molecule has 0 aromatic heterocycles. The Morgan fingerprint density at radius 3 is 1.88 bits per heavy atom. The average Bonchev–Trinajstić information content (AvgIpc) is 1.68. The SMILES string of the molecule is [Li][Cu]([CH2]C=C)[CH2]C=C. The molecule has 0 saturated heterocycles. The van der Waals surface area contributed by atoms with Gasteiger partial charge in [0.15, 0.2) is 0 Å². The van der Waals surface area contributed by atoms with Crippen LogP contribution in [-0.4, -0.2) is 15.8 Å². The zero-order valence-electron chi connectivity index (χ0n) is 5.28. The molecule has 0 unspecified atom stereocenters. The Hall–Kier alpha value is 0.597. The fourth-order valence-electron chi connectivity index (χ4n) is 0.347. The van der Waals surface area contributed by atoms with Crippen molar-refractivity contribution in [2.24, 2.45) is 0 Å². The second kappa shape index (κ2) is 5.73. The maximum absolute atomic E-state index is 3.65. The van der Waals surface area contributed by atoms with Gasteiger partial charge >= 0.3 is 63.4 Å². The fourth-order valence-corrected chi connectivity index (χ4v) is 1.43. The van der Waals surface area contributed by atoms with E-state index in [-0.39, 0.29) is 0 Å². The fraction of sp³-hybridized carbons (Fsp3) is 0.333. The minimum absolute atomic E-state index is 0.552. The van der Waals surface area contributed by atoms with Gasteiger partial charge in [0.05, 0.1) is 0 Å². The molecule has 0 aliphatic rings. The molecule has 0 amide bonds. The monoisotopic (exact) mass is 152 g/mol. The van der Waals surface area contributed by atoms with Crippen LogP contribution in [0.4, 0.5) is 0 Å². The number of rotatable bonds is 4. The molecular formula is C6H10CuLi. The number of allylic oxidation sites excluding steroid dienone is 2. The van der Waals surface area contributed by atoms with Crippen LogP contribution in [0.2, 0.25) is 10.6 Å². The molecule has 0 nitrogen and oxygen atoms in total. The van der Waals surface area contributed by atoms with Crippen molar-refractivity contribution in [3.63, 3.8) is 0 Å². The van der Waals surface area contributed by atoms with Crippen LogP contribution in [0.1, 0.15) is 0 Å². The molecule has 0 spiro atoms. The molecule has 0 heterocycles. The van der Waals surface area contributed by atoms with E-state index in [0.29, 0.717) is 11.7 Å². The summed E-state index contributed by atoms with van der Waals surface area (Å²) >= 11 is 2.77. The summed E-state index contributed by atoms with van der Waals surface area (Å²) in [5.41, 5.74) is 0. The summed E-state index contributed by atoms with van der Waals surface area (Å²) in [6.45, 7) is 7.31. The molecule has 8 heavy (non-hydrogen) atoms. The van der Waals surface area contributed by atoms with Gasteiger partial charge in [0, 0.05) is 0 Å². The molecule has 46 valence electrons. The molecular weight excluding hydrogens is 143 g/mol. The van der Waals surface area contributed by atoms with Gasteiger partial charge in [0.2, 0.25) is 0 Å². The van der Waals surface area contributed by atoms with E-state index in [1.165, 1.54) is 0 Å². The summed E-state index contributed by atoms with van der Waals surface area (Å²) in [4.78, 5) is 0. The van der Waals surface area contributed by atoms with E-state index in [1.807, 2.05) is 12.2 Å². The molecule has 0 N–H and O–H groups in total. The third-order valence-electron chi connectivity index (χ3n) is 0.594. The van der Waals surface area contributed by atoms with Gasteiger partial charge in [-0.2, -0.15) is 0 Å². The summed E-state index contributed by atoms with van der Waals surface area (Å²) in [6.07, 6.45) is 3.92. The summed E-state index contributed by atoms with van der Waals surface area (Å²) in [7, 11) is 0. The first-order chi connectivity index (χ1) is 3.81. The Kier molecular flexibility index (Phi) is 6.16. The molecule has 0 radical (unpaired) electrons. The molecule has 0 rings (SSSR count). The normalized spacial score (nSPS) is 10.5. The first-order valence-electron chi connectivity index (χ1n) is 2.36. The van der Waals surface area contributed by atoms with E-state index in [4.69, 9.17) is 0 Å². The second-order valence-corrected chi connectivity index (χ2v) is 3.97. The van der Waals surface area contributed by atoms with E-state index in [0.717, 1.165) is 10.6 Å². The molecule has 0 aliphatic carbocycles. The van der Waals surface area contributed by atoms with Gasteiger partial charge in [-0.05, 0) is 0 Å². The third kappa shape index (κ3) is 4.75. The zero-order valence-corrected chi connectivity index (χ0v) is 6.23. The van der Waals surface area contributed by atoms with Crippen LogP contribution < -0.4 is 0 Å². The van der Waals surface area contributed by atoms with Crippen LogP contribution in [0, 0.1) is 0 Å². The van der Waals surface area contributed by atoms with Crippen molar-refractivity contribution in [2.75, 3.05) is 0 Å². The first kappa shape index (κ1) is 8.60. The van der Waals surface area contributed by atoms with Gasteiger partial charge < -0.3 is 0 Å². The van der Waals surface area contributed by atoms with Crippen LogP contribution in [0.5, 0.6) is 0 Å².